The molecule has 0 fully saturated rings. The third kappa shape index (κ3) is 8.81. The average molecular weight is 569 g/mol. The molecule has 0 aliphatic rings. The summed E-state index contributed by atoms with van der Waals surface area (Å²) in [6.07, 6.45) is -9.65. The normalized spacial score (nSPS) is 12.0. The Labute approximate surface area is 221 Å². The van der Waals surface area contributed by atoms with Crippen molar-refractivity contribution in [3.8, 4) is 22.9 Å². The predicted molar refractivity (Wildman–Crippen MR) is 128 cm³/mol. The smallest absolute Gasteiger partial charge is 0.406 e. The third-order valence-corrected chi connectivity index (χ3v) is 4.89. The van der Waals surface area contributed by atoms with Crippen LogP contribution in [0.25, 0.3) is 11.4 Å². The Balaban J connectivity index is 1.56. The highest BCUT2D eigenvalue weighted by Crippen LogP contribution is 2.27. The lowest BCUT2D eigenvalue weighted by molar-refractivity contribution is -0.275. The first kappa shape index (κ1) is 27.6. The first-order valence-electron chi connectivity index (χ1n) is 10.8. The Morgan fingerprint density at radius 1 is 0.718 bits per heavy atom. The second kappa shape index (κ2) is 11.5. The molecular formula is C24H15ClF6N6O2. The van der Waals surface area contributed by atoms with Crippen molar-refractivity contribution >= 4 is 29.2 Å². The Bertz CT molecular complexity index is 1430. The van der Waals surface area contributed by atoms with Crippen LogP contribution in [-0.2, 0) is 6.54 Å². The lowest BCUT2D eigenvalue weighted by Gasteiger charge is -2.10. The van der Waals surface area contributed by atoms with Crippen LogP contribution >= 0.6 is 11.6 Å². The molecule has 0 radical (unpaired) electrons. The molecular weight excluding hydrogens is 554 g/mol. The minimum Gasteiger partial charge on any atom is -0.406 e. The molecule has 0 saturated carbocycles. The van der Waals surface area contributed by atoms with E-state index in [-0.39, 0.29) is 30.0 Å². The number of halogens is 7. The number of benzene rings is 3. The van der Waals surface area contributed by atoms with Crippen molar-refractivity contribution in [1.82, 2.24) is 15.0 Å². The molecule has 0 saturated heterocycles. The summed E-state index contributed by atoms with van der Waals surface area (Å²) < 4.78 is 82.1. The van der Waals surface area contributed by atoms with Crippen molar-refractivity contribution in [2.75, 3.05) is 5.32 Å². The van der Waals surface area contributed by atoms with E-state index in [1.165, 1.54) is 24.3 Å². The van der Waals surface area contributed by atoms with Gasteiger partial charge in [0.05, 0.1) is 6.54 Å². The van der Waals surface area contributed by atoms with Gasteiger partial charge in [-0.15, -0.1) is 31.5 Å². The van der Waals surface area contributed by atoms with Crippen LogP contribution in [0.15, 0.2) is 83.0 Å². The van der Waals surface area contributed by atoms with Crippen molar-refractivity contribution in [2.24, 2.45) is 10.2 Å². The number of ether oxygens (including phenoxy) is 2. The molecule has 0 bridgehead atoms. The van der Waals surface area contributed by atoms with E-state index >= 15 is 0 Å². The standard InChI is InChI=1S/C24H15ClF6N6O2/c25-16-5-7-17(8-6-16)33-21-34-20(15-3-11-19(12-4-15)39-24(29,30)31)35-22(36-21)37-32-13-14-1-9-18(10-2-14)38-23(26,27)28/h1-12H,13H2,(H,33,34,35,36). The van der Waals surface area contributed by atoms with Crippen molar-refractivity contribution in [3.05, 3.63) is 83.4 Å². The lowest BCUT2D eigenvalue weighted by Crippen LogP contribution is -2.17. The zero-order chi connectivity index (χ0) is 28.0. The Morgan fingerprint density at radius 3 is 1.85 bits per heavy atom. The number of azo groups is 1. The van der Waals surface area contributed by atoms with Gasteiger partial charge in [-0.25, -0.2) is 0 Å². The van der Waals surface area contributed by atoms with Crippen LogP contribution in [0.1, 0.15) is 5.56 Å². The highest BCUT2D eigenvalue weighted by Gasteiger charge is 2.31. The number of rotatable bonds is 8. The van der Waals surface area contributed by atoms with Gasteiger partial charge in [0.2, 0.25) is 5.95 Å². The SMILES string of the molecule is FC(F)(F)Oc1ccc(CN=Nc2nc(Nc3ccc(Cl)cc3)nc(-c3ccc(OC(F)(F)F)cc3)n2)cc1. The maximum atomic E-state index is 12.5. The summed E-state index contributed by atoms with van der Waals surface area (Å²) in [5, 5.41) is 11.4. The summed E-state index contributed by atoms with van der Waals surface area (Å²) in [5.74, 6) is -0.812. The van der Waals surface area contributed by atoms with Gasteiger partial charge in [0.25, 0.3) is 5.95 Å². The molecule has 0 amide bonds. The summed E-state index contributed by atoms with van der Waals surface area (Å²) >= 11 is 5.91. The Hall–Kier alpha value is -4.46. The fraction of sp³-hybridized carbons (Fsp3) is 0.125. The van der Waals surface area contributed by atoms with Crippen LogP contribution < -0.4 is 14.8 Å². The summed E-state index contributed by atoms with van der Waals surface area (Å²) in [4.78, 5) is 12.7. The Morgan fingerprint density at radius 2 is 1.28 bits per heavy atom. The molecule has 0 atom stereocenters. The van der Waals surface area contributed by atoms with E-state index in [0.29, 0.717) is 21.8 Å². The first-order valence-corrected chi connectivity index (χ1v) is 11.2. The van der Waals surface area contributed by atoms with Crippen molar-refractivity contribution < 1.29 is 35.8 Å². The summed E-state index contributed by atoms with van der Waals surface area (Å²) in [5.41, 5.74) is 1.44. The van der Waals surface area contributed by atoms with Gasteiger partial charge in [-0.2, -0.15) is 20.1 Å². The summed E-state index contributed by atoms with van der Waals surface area (Å²) in [6, 6.07) is 16.5. The molecule has 0 spiro atoms. The van der Waals surface area contributed by atoms with Crippen LogP contribution in [0.5, 0.6) is 11.5 Å². The topological polar surface area (TPSA) is 93.9 Å². The van der Waals surface area contributed by atoms with Gasteiger partial charge in [-0.05, 0) is 66.2 Å². The van der Waals surface area contributed by atoms with Gasteiger partial charge in [0, 0.05) is 16.3 Å². The molecule has 0 unspecified atom stereocenters. The van der Waals surface area contributed by atoms with E-state index in [4.69, 9.17) is 11.6 Å². The number of anilines is 2. The van der Waals surface area contributed by atoms with Crippen LogP contribution in [0.3, 0.4) is 0 Å². The zero-order valence-electron chi connectivity index (χ0n) is 19.3. The number of alkyl halides is 6. The number of hydrogen-bond acceptors (Lipinski definition) is 8. The molecule has 0 aliphatic carbocycles. The lowest BCUT2D eigenvalue weighted by atomic mass is 10.2. The fourth-order valence-electron chi connectivity index (χ4n) is 3.04. The number of hydrogen-bond donors (Lipinski definition) is 1. The maximum absolute atomic E-state index is 12.5. The van der Waals surface area contributed by atoms with Gasteiger partial charge in [0.15, 0.2) is 5.82 Å². The highest BCUT2D eigenvalue weighted by atomic mass is 35.5. The van der Waals surface area contributed by atoms with Crippen LogP contribution in [-0.4, -0.2) is 27.7 Å². The molecule has 4 rings (SSSR count). The largest absolute Gasteiger partial charge is 0.573 e. The molecule has 1 heterocycles. The van der Waals surface area contributed by atoms with E-state index < -0.39 is 18.5 Å². The zero-order valence-corrected chi connectivity index (χ0v) is 20.1. The van der Waals surface area contributed by atoms with Crippen molar-refractivity contribution in [1.29, 1.82) is 0 Å². The van der Waals surface area contributed by atoms with E-state index in [0.717, 1.165) is 24.3 Å². The summed E-state index contributed by atoms with van der Waals surface area (Å²) in [6.45, 7) is -0.0171. The minimum absolute atomic E-state index is 0.0171. The molecule has 15 heteroatoms. The predicted octanol–water partition coefficient (Wildman–Crippen LogP) is 8.02. The Kier molecular flexibility index (Phi) is 8.14. The van der Waals surface area contributed by atoms with E-state index in [1.807, 2.05) is 0 Å². The number of aromatic nitrogens is 3. The minimum atomic E-state index is -4.84. The highest BCUT2D eigenvalue weighted by molar-refractivity contribution is 6.30. The molecule has 0 aliphatic heterocycles. The summed E-state index contributed by atoms with van der Waals surface area (Å²) in [7, 11) is 0. The molecule has 3 aromatic carbocycles. The number of nitrogens with one attached hydrogen (secondary N) is 1. The average Bonchev–Trinajstić information content (AvgIpc) is 2.85. The maximum Gasteiger partial charge on any atom is 0.573 e. The van der Waals surface area contributed by atoms with Gasteiger partial charge < -0.3 is 14.8 Å². The third-order valence-electron chi connectivity index (χ3n) is 4.64. The van der Waals surface area contributed by atoms with Crippen molar-refractivity contribution in [2.45, 2.75) is 19.3 Å². The van der Waals surface area contributed by atoms with Gasteiger partial charge in [-0.1, -0.05) is 23.7 Å². The monoisotopic (exact) mass is 568 g/mol. The first-order chi connectivity index (χ1) is 18.4. The van der Waals surface area contributed by atoms with Crippen LogP contribution in [0.4, 0.5) is 43.9 Å². The van der Waals surface area contributed by atoms with Gasteiger partial charge >= 0.3 is 12.7 Å². The van der Waals surface area contributed by atoms with E-state index in [1.54, 1.807) is 24.3 Å². The second-order valence-corrected chi connectivity index (χ2v) is 8.01. The van der Waals surface area contributed by atoms with Crippen LogP contribution in [0.2, 0.25) is 5.02 Å². The van der Waals surface area contributed by atoms with E-state index in [2.05, 4.69) is 40.0 Å². The molecule has 1 aromatic heterocycles. The van der Waals surface area contributed by atoms with Gasteiger partial charge in [-0.3, -0.25) is 0 Å². The number of nitrogens with zero attached hydrogens (tertiary/aromatic N) is 5. The molecule has 4 aromatic rings. The van der Waals surface area contributed by atoms with Crippen LogP contribution in [0, 0.1) is 0 Å². The van der Waals surface area contributed by atoms with Gasteiger partial charge in [0.1, 0.15) is 11.5 Å². The van der Waals surface area contributed by atoms with Crippen molar-refractivity contribution in [3.63, 3.8) is 0 Å². The molecule has 8 nitrogen and oxygen atoms in total. The second-order valence-electron chi connectivity index (χ2n) is 7.58. The molecule has 39 heavy (non-hydrogen) atoms. The quantitative estimate of drug-likeness (QED) is 0.171. The van der Waals surface area contributed by atoms with E-state index in [9.17, 15) is 26.3 Å². The molecule has 202 valence electrons. The molecule has 1 N–H and O–H groups in total. The fourth-order valence-corrected chi connectivity index (χ4v) is 3.17.